The zero-order valence-corrected chi connectivity index (χ0v) is 10.0. The van der Waals surface area contributed by atoms with Crippen LogP contribution in [0.4, 0.5) is 4.39 Å². The van der Waals surface area contributed by atoms with Gasteiger partial charge in [0, 0.05) is 24.7 Å². The molecular formula is C12H17FN2O. The minimum atomic E-state index is -0.380. The molecule has 0 spiro atoms. The third kappa shape index (κ3) is 2.95. The predicted octanol–water partition coefficient (Wildman–Crippen LogP) is 2.76. The average Bonchev–Trinajstić information content (AvgIpc) is 2.15. The number of carbonyl (C=O) groups is 1. The molecule has 16 heavy (non-hydrogen) atoms. The first-order valence-corrected chi connectivity index (χ1v) is 5.21. The summed E-state index contributed by atoms with van der Waals surface area (Å²) in [6, 6.07) is 1.36. The number of carbonyl (C=O) groups excluding carboxylic acids is 1. The Morgan fingerprint density at radius 2 is 2.12 bits per heavy atom. The number of nitrogens with one attached hydrogen (secondary N) is 1. The van der Waals surface area contributed by atoms with Crippen molar-refractivity contribution < 1.29 is 9.18 Å². The van der Waals surface area contributed by atoms with Crippen LogP contribution in [0.2, 0.25) is 0 Å². The van der Waals surface area contributed by atoms with E-state index in [-0.39, 0.29) is 17.5 Å². The highest BCUT2D eigenvalue weighted by Gasteiger charge is 2.12. The number of halogens is 1. The van der Waals surface area contributed by atoms with Gasteiger partial charge in [0.1, 0.15) is 5.82 Å². The lowest BCUT2D eigenvalue weighted by Crippen LogP contribution is -2.10. The van der Waals surface area contributed by atoms with Crippen molar-refractivity contribution in [3.8, 4) is 0 Å². The molecule has 1 N–H and O–H groups in total. The Balaban J connectivity index is 3.41. The van der Waals surface area contributed by atoms with Gasteiger partial charge in [0.2, 0.25) is 0 Å². The molecule has 0 aromatic carbocycles. The molecule has 0 fully saturated rings. The largest absolute Gasteiger partial charge is 0.306 e. The average molecular weight is 224 g/mol. The van der Waals surface area contributed by atoms with E-state index in [1.165, 1.54) is 16.9 Å². The number of aromatic amines is 1. The predicted molar refractivity (Wildman–Crippen MR) is 61.3 cm³/mol. The van der Waals surface area contributed by atoms with Crippen molar-refractivity contribution in [1.29, 1.82) is 0 Å². The van der Waals surface area contributed by atoms with Crippen molar-refractivity contribution in [3.05, 3.63) is 35.4 Å². The van der Waals surface area contributed by atoms with Crippen LogP contribution in [0.5, 0.6) is 0 Å². The number of rotatable bonds is 2. The van der Waals surface area contributed by atoms with E-state index in [0.717, 1.165) is 0 Å². The van der Waals surface area contributed by atoms with Crippen molar-refractivity contribution in [2.75, 3.05) is 0 Å². The Labute approximate surface area is 94.6 Å². The van der Waals surface area contributed by atoms with E-state index in [2.05, 4.69) is 5.10 Å². The van der Waals surface area contributed by atoms with Gasteiger partial charge < -0.3 is 5.10 Å². The van der Waals surface area contributed by atoms with Gasteiger partial charge in [-0.2, -0.15) is 0 Å². The zero-order valence-electron chi connectivity index (χ0n) is 10.0. The molecule has 1 aromatic heterocycles. The van der Waals surface area contributed by atoms with Crippen molar-refractivity contribution in [3.63, 3.8) is 0 Å². The Hall–Kier alpha value is -1.58. The number of Topliss-reactive ketones (excluding diaryl/α,β-unsaturated/α-hetero) is 1. The second kappa shape index (κ2) is 4.96. The summed E-state index contributed by atoms with van der Waals surface area (Å²) >= 11 is 0. The van der Waals surface area contributed by atoms with Crippen molar-refractivity contribution in [2.45, 2.75) is 20.8 Å². The highest BCUT2D eigenvalue weighted by molar-refractivity contribution is 5.98. The molecule has 1 aromatic rings. The molecule has 88 valence electrons. The number of H-pyrrole nitrogens is 1. The number of ketones is 1. The molecular weight excluding hydrogens is 207 g/mol. The van der Waals surface area contributed by atoms with Crippen LogP contribution in [0.3, 0.4) is 0 Å². The third-order valence-electron chi connectivity index (χ3n) is 2.30. The van der Waals surface area contributed by atoms with Crippen LogP contribution in [-0.4, -0.2) is 15.6 Å². The van der Waals surface area contributed by atoms with Gasteiger partial charge in [0.15, 0.2) is 5.78 Å². The van der Waals surface area contributed by atoms with Gasteiger partial charge in [-0.15, -0.1) is 0 Å². The van der Waals surface area contributed by atoms with Crippen molar-refractivity contribution in [1.82, 2.24) is 9.78 Å². The van der Waals surface area contributed by atoms with Crippen LogP contribution < -0.4 is 0 Å². The molecule has 0 atom stereocenters. The Morgan fingerprint density at radius 1 is 1.50 bits per heavy atom. The van der Waals surface area contributed by atoms with E-state index in [4.69, 9.17) is 0 Å². The van der Waals surface area contributed by atoms with Crippen molar-refractivity contribution >= 4 is 5.78 Å². The van der Waals surface area contributed by atoms with Crippen LogP contribution in [0, 0.1) is 18.7 Å². The van der Waals surface area contributed by atoms with E-state index in [9.17, 15) is 9.18 Å². The molecule has 3 nitrogen and oxygen atoms in total. The number of aryl methyl sites for hydroxylation is 2. The number of hydrogen-bond acceptors (Lipinski definition) is 1. The first kappa shape index (κ1) is 12.5. The van der Waals surface area contributed by atoms with Gasteiger partial charge in [0.05, 0.1) is 6.20 Å². The summed E-state index contributed by atoms with van der Waals surface area (Å²) in [6.45, 7) is 5.38. The number of nitrogens with zero attached hydrogens (tertiary/aromatic N) is 1. The second-order valence-electron chi connectivity index (χ2n) is 4.16. The molecule has 0 amide bonds. The summed E-state index contributed by atoms with van der Waals surface area (Å²) in [6.07, 6.45) is 2.92. The first-order valence-electron chi connectivity index (χ1n) is 5.21. The molecule has 0 bridgehead atoms. The lowest BCUT2D eigenvalue weighted by molar-refractivity contribution is 0.0938. The fourth-order valence-corrected chi connectivity index (χ4v) is 1.40. The molecule has 0 saturated heterocycles. The topological polar surface area (TPSA) is 37.8 Å². The number of hydrogen-bond donors (Lipinski definition) is 1. The molecule has 1 rings (SSSR count). The fourth-order valence-electron chi connectivity index (χ4n) is 1.40. The van der Waals surface area contributed by atoms with E-state index >= 15 is 0 Å². The normalized spacial score (nSPS) is 10.4. The van der Waals surface area contributed by atoms with Gasteiger partial charge in [0.25, 0.3) is 0 Å². The van der Waals surface area contributed by atoms with E-state index in [0.29, 0.717) is 11.1 Å². The quantitative estimate of drug-likeness (QED) is 0.771. The van der Waals surface area contributed by atoms with E-state index in [1.807, 2.05) is 13.8 Å². The van der Waals surface area contributed by atoms with Gasteiger partial charge >= 0.3 is 0 Å². The Morgan fingerprint density at radius 3 is 2.69 bits per heavy atom. The van der Waals surface area contributed by atoms with E-state index < -0.39 is 0 Å². The van der Waals surface area contributed by atoms with Crippen LogP contribution in [0.15, 0.2) is 18.5 Å². The third-order valence-corrected chi connectivity index (χ3v) is 2.30. The zero-order chi connectivity index (χ0) is 12.3. The molecule has 0 aliphatic carbocycles. The monoisotopic (exact) mass is 224 g/mol. The second-order valence-corrected chi connectivity index (χ2v) is 4.16. The molecule has 1 heterocycles. The standard InChI is InChI=1S/C12H17FN2O/c1-8(2)12(16)11-6-14-15(4)7-10(13)5-9(11)3/h5-8,14H,1-4H3. The summed E-state index contributed by atoms with van der Waals surface area (Å²) < 4.78 is 14.8. The summed E-state index contributed by atoms with van der Waals surface area (Å²) in [7, 11) is 1.67. The Bertz CT molecular complexity index is 442. The molecule has 0 aliphatic heterocycles. The maximum atomic E-state index is 13.3. The highest BCUT2D eigenvalue weighted by Crippen LogP contribution is 2.11. The summed E-state index contributed by atoms with van der Waals surface area (Å²) in [5, 5.41) is 2.82. The molecule has 0 unspecified atom stereocenters. The summed E-state index contributed by atoms with van der Waals surface area (Å²) in [5.74, 6) is -0.479. The maximum absolute atomic E-state index is 13.3. The van der Waals surface area contributed by atoms with Gasteiger partial charge in [-0.3, -0.25) is 9.48 Å². The molecule has 0 aliphatic rings. The molecule has 4 heteroatoms. The van der Waals surface area contributed by atoms with Gasteiger partial charge in [-0.1, -0.05) is 13.8 Å². The molecule has 0 radical (unpaired) electrons. The maximum Gasteiger partial charge on any atom is 0.167 e. The lowest BCUT2D eigenvalue weighted by atomic mass is 10.00. The highest BCUT2D eigenvalue weighted by atomic mass is 19.1. The smallest absolute Gasteiger partial charge is 0.167 e. The summed E-state index contributed by atoms with van der Waals surface area (Å²) in [4.78, 5) is 11.9. The SMILES string of the molecule is Cc1cc(F)cn(C)[nH]cc1C(=O)C(C)C. The van der Waals surface area contributed by atoms with Crippen molar-refractivity contribution in [2.24, 2.45) is 13.0 Å². The fraction of sp³-hybridized carbons (Fsp3) is 0.417. The Kier molecular flexibility index (Phi) is 3.88. The number of aromatic nitrogens is 2. The minimum Gasteiger partial charge on any atom is -0.306 e. The van der Waals surface area contributed by atoms with Gasteiger partial charge in [-0.05, 0) is 18.6 Å². The lowest BCUT2D eigenvalue weighted by Gasteiger charge is -2.07. The summed E-state index contributed by atoms with van der Waals surface area (Å²) in [5.41, 5.74) is 1.15. The van der Waals surface area contributed by atoms with Crippen LogP contribution in [-0.2, 0) is 7.05 Å². The van der Waals surface area contributed by atoms with Crippen LogP contribution in [0.25, 0.3) is 0 Å². The molecule has 0 saturated carbocycles. The first-order chi connectivity index (χ1) is 7.41. The minimum absolute atomic E-state index is 0.00403. The van der Waals surface area contributed by atoms with Crippen LogP contribution >= 0.6 is 0 Å². The van der Waals surface area contributed by atoms with Gasteiger partial charge in [-0.25, -0.2) is 4.39 Å². The van der Waals surface area contributed by atoms with Crippen LogP contribution in [0.1, 0.15) is 29.8 Å². The van der Waals surface area contributed by atoms with E-state index in [1.54, 1.807) is 20.2 Å².